The molecule has 0 radical (unpaired) electrons. The summed E-state index contributed by atoms with van der Waals surface area (Å²) in [5, 5.41) is 0.628. The number of nitrogens with two attached hydrogens (primary N) is 1. The summed E-state index contributed by atoms with van der Waals surface area (Å²) in [5.74, 6) is 1.11. The molecule has 0 aliphatic carbocycles. The van der Waals surface area contributed by atoms with Crippen LogP contribution in [0.5, 0.6) is 0 Å². The van der Waals surface area contributed by atoms with Gasteiger partial charge in [0.1, 0.15) is 11.4 Å². The van der Waals surface area contributed by atoms with Crippen molar-refractivity contribution in [2.24, 2.45) is 10.7 Å². The molecule has 1 heterocycles. The third kappa shape index (κ3) is 3.01. The van der Waals surface area contributed by atoms with Gasteiger partial charge in [-0.3, -0.25) is 0 Å². The molecule has 3 rings (SSSR count). The van der Waals surface area contributed by atoms with Crippen LogP contribution in [0.15, 0.2) is 51.9 Å². The second kappa shape index (κ2) is 5.76. The molecular weight excluding hydrogens is 309 g/mol. The van der Waals surface area contributed by atoms with E-state index in [9.17, 15) is 0 Å². The standard InChI is InChI=1S/C15H11Cl2N3O/c16-8-14(18)19-11-4-1-9(2-5-11)15-20-12-7-10(17)3-6-13(12)21-15/h1-7H,8H2,(H2,18,19). The van der Waals surface area contributed by atoms with E-state index in [1.807, 2.05) is 24.3 Å². The monoisotopic (exact) mass is 319 g/mol. The smallest absolute Gasteiger partial charge is 0.227 e. The first-order valence-corrected chi connectivity index (χ1v) is 7.12. The molecule has 0 aliphatic heterocycles. The molecular formula is C15H11Cl2N3O. The van der Waals surface area contributed by atoms with Gasteiger partial charge in [0.25, 0.3) is 0 Å². The average Bonchev–Trinajstić information content (AvgIpc) is 2.90. The number of aromatic nitrogens is 1. The maximum atomic E-state index is 5.94. The van der Waals surface area contributed by atoms with E-state index >= 15 is 0 Å². The Balaban J connectivity index is 1.95. The van der Waals surface area contributed by atoms with Crippen LogP contribution in [0.4, 0.5) is 5.69 Å². The largest absolute Gasteiger partial charge is 0.436 e. The van der Waals surface area contributed by atoms with Crippen molar-refractivity contribution in [3.05, 3.63) is 47.5 Å². The van der Waals surface area contributed by atoms with Gasteiger partial charge in [-0.25, -0.2) is 9.98 Å². The number of nitrogens with zero attached hydrogens (tertiary/aromatic N) is 2. The van der Waals surface area contributed by atoms with Crippen molar-refractivity contribution in [2.45, 2.75) is 0 Å². The summed E-state index contributed by atoms with van der Waals surface area (Å²) in [6.07, 6.45) is 0. The zero-order chi connectivity index (χ0) is 14.8. The Morgan fingerprint density at radius 1 is 1.19 bits per heavy atom. The molecule has 6 heteroatoms. The molecule has 1 aromatic heterocycles. The predicted molar refractivity (Wildman–Crippen MR) is 86.5 cm³/mol. The van der Waals surface area contributed by atoms with Crippen LogP contribution in [0.25, 0.3) is 22.6 Å². The first-order chi connectivity index (χ1) is 10.2. The number of hydrogen-bond acceptors (Lipinski definition) is 3. The van der Waals surface area contributed by atoms with Crippen molar-refractivity contribution in [2.75, 3.05) is 5.88 Å². The highest BCUT2D eigenvalue weighted by Gasteiger charge is 2.08. The molecule has 0 aliphatic rings. The van der Waals surface area contributed by atoms with Crippen LogP contribution in [0.2, 0.25) is 5.02 Å². The molecule has 3 aromatic rings. The summed E-state index contributed by atoms with van der Waals surface area (Å²) in [6, 6.07) is 12.7. The van der Waals surface area contributed by atoms with Gasteiger partial charge >= 0.3 is 0 Å². The number of hydrogen-bond donors (Lipinski definition) is 1. The highest BCUT2D eigenvalue weighted by atomic mass is 35.5. The van der Waals surface area contributed by atoms with Gasteiger partial charge in [0.15, 0.2) is 5.58 Å². The minimum absolute atomic E-state index is 0.202. The third-order valence-corrected chi connectivity index (χ3v) is 3.38. The van der Waals surface area contributed by atoms with Crippen LogP contribution >= 0.6 is 23.2 Å². The molecule has 21 heavy (non-hydrogen) atoms. The van der Waals surface area contributed by atoms with Crippen LogP contribution in [-0.2, 0) is 0 Å². The van der Waals surface area contributed by atoms with Gasteiger partial charge in [0.05, 0.1) is 11.6 Å². The molecule has 0 atom stereocenters. The van der Waals surface area contributed by atoms with Gasteiger partial charge in [-0.05, 0) is 42.5 Å². The molecule has 0 fully saturated rings. The van der Waals surface area contributed by atoms with Crippen LogP contribution in [0.3, 0.4) is 0 Å². The number of halogens is 2. The fraction of sp³-hybridized carbons (Fsp3) is 0.0667. The van der Waals surface area contributed by atoms with Crippen LogP contribution in [0.1, 0.15) is 0 Å². The van der Waals surface area contributed by atoms with E-state index in [0.29, 0.717) is 22.3 Å². The number of rotatable bonds is 3. The maximum absolute atomic E-state index is 5.94. The van der Waals surface area contributed by atoms with E-state index in [2.05, 4.69) is 9.98 Å². The summed E-state index contributed by atoms with van der Waals surface area (Å²) in [7, 11) is 0. The maximum Gasteiger partial charge on any atom is 0.227 e. The molecule has 2 aromatic carbocycles. The van der Waals surface area contributed by atoms with Gasteiger partial charge in [-0.2, -0.15) is 0 Å². The van der Waals surface area contributed by atoms with Crippen molar-refractivity contribution in [3.8, 4) is 11.5 Å². The zero-order valence-corrected chi connectivity index (χ0v) is 12.4. The molecule has 2 N–H and O–H groups in total. The molecule has 0 saturated carbocycles. The van der Waals surface area contributed by atoms with Crippen LogP contribution in [0, 0.1) is 0 Å². The Labute approximate surface area is 131 Å². The van der Waals surface area contributed by atoms with E-state index < -0.39 is 0 Å². The van der Waals surface area contributed by atoms with Gasteiger partial charge in [-0.15, -0.1) is 11.6 Å². The summed E-state index contributed by atoms with van der Waals surface area (Å²) in [6.45, 7) is 0. The lowest BCUT2D eigenvalue weighted by atomic mass is 10.2. The van der Waals surface area contributed by atoms with Gasteiger partial charge in [0, 0.05) is 10.6 Å². The topological polar surface area (TPSA) is 64.4 Å². The minimum Gasteiger partial charge on any atom is -0.436 e. The molecule has 0 spiro atoms. The Bertz CT molecular complexity index is 809. The van der Waals surface area contributed by atoms with E-state index in [1.54, 1.807) is 18.2 Å². The molecule has 106 valence electrons. The number of fused-ring (bicyclic) bond motifs is 1. The number of amidine groups is 1. The second-order valence-corrected chi connectivity index (χ2v) is 5.12. The van der Waals surface area contributed by atoms with E-state index in [4.69, 9.17) is 33.4 Å². The molecule has 4 nitrogen and oxygen atoms in total. The molecule has 0 amide bonds. The van der Waals surface area contributed by atoms with Gasteiger partial charge in [0.2, 0.25) is 5.89 Å². The highest BCUT2D eigenvalue weighted by molar-refractivity contribution is 6.31. The lowest BCUT2D eigenvalue weighted by Crippen LogP contribution is -2.12. The average molecular weight is 320 g/mol. The van der Waals surface area contributed by atoms with Crippen molar-refractivity contribution in [1.82, 2.24) is 4.98 Å². The van der Waals surface area contributed by atoms with E-state index in [-0.39, 0.29) is 5.88 Å². The van der Waals surface area contributed by atoms with Crippen LogP contribution in [-0.4, -0.2) is 16.7 Å². The van der Waals surface area contributed by atoms with Crippen LogP contribution < -0.4 is 5.73 Å². The quantitative estimate of drug-likeness (QED) is 0.442. The minimum atomic E-state index is 0.202. The summed E-state index contributed by atoms with van der Waals surface area (Å²) in [5.41, 5.74) is 8.60. The Morgan fingerprint density at radius 3 is 2.67 bits per heavy atom. The second-order valence-electron chi connectivity index (χ2n) is 4.41. The first kappa shape index (κ1) is 13.9. The van der Waals surface area contributed by atoms with Crippen molar-refractivity contribution in [1.29, 1.82) is 0 Å². The highest BCUT2D eigenvalue weighted by Crippen LogP contribution is 2.27. The summed E-state index contributed by atoms with van der Waals surface area (Å²) in [4.78, 5) is 8.58. The normalized spacial score (nSPS) is 12.0. The zero-order valence-electron chi connectivity index (χ0n) is 10.9. The van der Waals surface area contributed by atoms with Crippen molar-refractivity contribution in [3.63, 3.8) is 0 Å². The van der Waals surface area contributed by atoms with Gasteiger partial charge < -0.3 is 10.2 Å². The van der Waals surface area contributed by atoms with Crippen molar-refractivity contribution < 1.29 is 4.42 Å². The number of aliphatic imine (C=N–C) groups is 1. The fourth-order valence-electron chi connectivity index (χ4n) is 1.90. The third-order valence-electron chi connectivity index (χ3n) is 2.87. The van der Waals surface area contributed by atoms with Gasteiger partial charge in [-0.1, -0.05) is 11.6 Å². The Kier molecular flexibility index (Phi) is 3.82. The number of alkyl halides is 1. The molecule has 0 unspecified atom stereocenters. The SMILES string of the molecule is NC(CCl)=Nc1ccc(-c2nc3cc(Cl)ccc3o2)cc1. The predicted octanol–water partition coefficient (Wildman–Crippen LogP) is 4.38. The molecule has 0 saturated heterocycles. The van der Waals surface area contributed by atoms with Crippen molar-refractivity contribution >= 4 is 45.8 Å². The first-order valence-electron chi connectivity index (χ1n) is 6.21. The fourth-order valence-corrected chi connectivity index (χ4v) is 2.12. The lowest BCUT2D eigenvalue weighted by Gasteiger charge is -1.98. The summed E-state index contributed by atoms with van der Waals surface area (Å²) < 4.78 is 5.70. The van der Waals surface area contributed by atoms with E-state index in [0.717, 1.165) is 16.8 Å². The Hall–Kier alpha value is -2.04. The lowest BCUT2D eigenvalue weighted by molar-refractivity contribution is 0.620. The number of oxazole rings is 1. The Morgan fingerprint density at radius 2 is 1.95 bits per heavy atom. The van der Waals surface area contributed by atoms with E-state index in [1.165, 1.54) is 0 Å². The summed E-state index contributed by atoms with van der Waals surface area (Å²) >= 11 is 11.5. The number of benzene rings is 2. The molecule has 0 bridgehead atoms.